The van der Waals surface area contributed by atoms with Crippen LogP contribution < -0.4 is 0 Å². The smallest absolute Gasteiger partial charge is 0.341 e. The molecule has 0 aliphatic rings. The van der Waals surface area contributed by atoms with Gasteiger partial charge in [0.1, 0.15) is 6.10 Å². The third-order valence-corrected chi connectivity index (χ3v) is 2.63. The van der Waals surface area contributed by atoms with Crippen LogP contribution in [0.15, 0.2) is 42.7 Å². The molecule has 0 bridgehead atoms. The standard InChI is InChI=1S/C15H16N2O3/c1-11(10-19-2)20-15(18)13-8-16-14(17-9-13)12-6-4-3-5-7-12/h3-9,11H,10H2,1-2H3/t11-/m0/s1. The average Bonchev–Trinajstić information content (AvgIpc) is 2.48. The van der Waals surface area contributed by atoms with Crippen molar-refractivity contribution in [1.82, 2.24) is 9.97 Å². The minimum atomic E-state index is -0.450. The van der Waals surface area contributed by atoms with Crippen molar-refractivity contribution in [2.45, 2.75) is 13.0 Å². The minimum Gasteiger partial charge on any atom is -0.457 e. The Hall–Kier alpha value is -2.27. The molecule has 2 rings (SSSR count). The van der Waals surface area contributed by atoms with Gasteiger partial charge in [-0.2, -0.15) is 0 Å². The molecular formula is C15H16N2O3. The molecule has 1 atom stereocenters. The highest BCUT2D eigenvalue weighted by Crippen LogP contribution is 2.13. The number of rotatable bonds is 5. The maximum Gasteiger partial charge on any atom is 0.341 e. The van der Waals surface area contributed by atoms with Gasteiger partial charge >= 0.3 is 5.97 Å². The minimum absolute atomic E-state index is 0.304. The highest BCUT2D eigenvalue weighted by atomic mass is 16.6. The molecule has 104 valence electrons. The lowest BCUT2D eigenvalue weighted by Crippen LogP contribution is -2.19. The van der Waals surface area contributed by atoms with Crippen molar-refractivity contribution < 1.29 is 14.3 Å². The molecule has 0 aliphatic heterocycles. The maximum atomic E-state index is 11.8. The molecule has 20 heavy (non-hydrogen) atoms. The SMILES string of the molecule is COC[C@H](C)OC(=O)c1cnc(-c2ccccc2)nc1. The van der Waals surface area contributed by atoms with E-state index in [4.69, 9.17) is 9.47 Å². The van der Waals surface area contributed by atoms with E-state index >= 15 is 0 Å². The summed E-state index contributed by atoms with van der Waals surface area (Å²) in [6, 6.07) is 9.56. The highest BCUT2D eigenvalue weighted by Gasteiger charge is 2.13. The van der Waals surface area contributed by atoms with E-state index < -0.39 is 5.97 Å². The third-order valence-electron chi connectivity index (χ3n) is 2.63. The molecular weight excluding hydrogens is 256 g/mol. The van der Waals surface area contributed by atoms with Crippen molar-refractivity contribution in [2.24, 2.45) is 0 Å². The molecule has 2 aromatic rings. The van der Waals surface area contributed by atoms with Crippen molar-refractivity contribution in [1.29, 1.82) is 0 Å². The summed E-state index contributed by atoms with van der Waals surface area (Å²) in [6.45, 7) is 2.12. The fourth-order valence-electron chi connectivity index (χ4n) is 1.69. The Kier molecular flexibility index (Phi) is 4.79. The van der Waals surface area contributed by atoms with Crippen LogP contribution in [-0.4, -0.2) is 35.8 Å². The summed E-state index contributed by atoms with van der Waals surface area (Å²) in [7, 11) is 1.56. The van der Waals surface area contributed by atoms with Crippen LogP contribution in [-0.2, 0) is 9.47 Å². The van der Waals surface area contributed by atoms with Gasteiger partial charge in [-0.05, 0) is 6.92 Å². The topological polar surface area (TPSA) is 61.3 Å². The Morgan fingerprint density at radius 3 is 2.45 bits per heavy atom. The molecule has 1 aromatic heterocycles. The highest BCUT2D eigenvalue weighted by molar-refractivity contribution is 5.88. The predicted octanol–water partition coefficient (Wildman–Crippen LogP) is 2.34. The van der Waals surface area contributed by atoms with Gasteiger partial charge in [0.15, 0.2) is 5.82 Å². The molecule has 0 saturated carbocycles. The Morgan fingerprint density at radius 2 is 1.85 bits per heavy atom. The molecule has 0 unspecified atom stereocenters. The van der Waals surface area contributed by atoms with E-state index in [1.807, 2.05) is 30.3 Å². The normalized spacial score (nSPS) is 11.9. The van der Waals surface area contributed by atoms with E-state index in [9.17, 15) is 4.79 Å². The zero-order valence-electron chi connectivity index (χ0n) is 11.4. The molecule has 0 amide bonds. The molecule has 0 N–H and O–H groups in total. The average molecular weight is 272 g/mol. The van der Waals surface area contributed by atoms with Gasteiger partial charge in [-0.3, -0.25) is 0 Å². The maximum absolute atomic E-state index is 11.8. The van der Waals surface area contributed by atoms with Gasteiger partial charge < -0.3 is 9.47 Å². The third kappa shape index (κ3) is 3.61. The Morgan fingerprint density at radius 1 is 1.20 bits per heavy atom. The number of carbonyl (C=O) groups excluding carboxylic acids is 1. The number of carbonyl (C=O) groups is 1. The second-order valence-electron chi connectivity index (χ2n) is 4.33. The van der Waals surface area contributed by atoms with Crippen LogP contribution in [0.4, 0.5) is 0 Å². The lowest BCUT2D eigenvalue weighted by atomic mass is 10.2. The van der Waals surface area contributed by atoms with Gasteiger partial charge in [-0.1, -0.05) is 30.3 Å². The van der Waals surface area contributed by atoms with Gasteiger partial charge in [0.05, 0.1) is 12.2 Å². The zero-order chi connectivity index (χ0) is 14.4. The number of nitrogens with zero attached hydrogens (tertiary/aromatic N) is 2. The van der Waals surface area contributed by atoms with E-state index in [0.717, 1.165) is 5.56 Å². The Bertz CT molecular complexity index is 555. The Labute approximate surface area is 117 Å². The van der Waals surface area contributed by atoms with Crippen molar-refractivity contribution in [3.63, 3.8) is 0 Å². The number of hydrogen-bond donors (Lipinski definition) is 0. The fourth-order valence-corrected chi connectivity index (χ4v) is 1.69. The van der Waals surface area contributed by atoms with Crippen LogP contribution in [0.25, 0.3) is 11.4 Å². The Balaban J connectivity index is 2.07. The molecule has 0 radical (unpaired) electrons. The first-order valence-corrected chi connectivity index (χ1v) is 6.28. The van der Waals surface area contributed by atoms with Crippen molar-refractivity contribution >= 4 is 5.97 Å². The molecule has 0 spiro atoms. The van der Waals surface area contributed by atoms with Crippen LogP contribution in [0.2, 0.25) is 0 Å². The van der Waals surface area contributed by atoms with Crippen LogP contribution in [0.3, 0.4) is 0 Å². The summed E-state index contributed by atoms with van der Waals surface area (Å²) in [5.74, 6) is 0.126. The van der Waals surface area contributed by atoms with Gasteiger partial charge in [0.25, 0.3) is 0 Å². The molecule has 1 aromatic carbocycles. The van der Waals surface area contributed by atoms with Crippen molar-refractivity contribution in [2.75, 3.05) is 13.7 Å². The molecule has 1 heterocycles. The number of benzene rings is 1. The number of aromatic nitrogens is 2. The van der Waals surface area contributed by atoms with Gasteiger partial charge in [-0.25, -0.2) is 14.8 Å². The number of ether oxygens (including phenoxy) is 2. The monoisotopic (exact) mass is 272 g/mol. The van der Waals surface area contributed by atoms with Crippen LogP contribution in [0.5, 0.6) is 0 Å². The molecule has 5 heteroatoms. The molecule has 0 aliphatic carbocycles. The van der Waals surface area contributed by atoms with Crippen LogP contribution in [0, 0.1) is 0 Å². The van der Waals surface area contributed by atoms with E-state index in [-0.39, 0.29) is 6.10 Å². The lowest BCUT2D eigenvalue weighted by molar-refractivity contribution is 0.0119. The fraction of sp³-hybridized carbons (Fsp3) is 0.267. The molecule has 5 nitrogen and oxygen atoms in total. The first-order valence-electron chi connectivity index (χ1n) is 6.28. The second-order valence-corrected chi connectivity index (χ2v) is 4.33. The first-order chi connectivity index (χ1) is 9.70. The lowest BCUT2D eigenvalue weighted by Gasteiger charge is -2.11. The summed E-state index contributed by atoms with van der Waals surface area (Å²) in [4.78, 5) is 20.2. The second kappa shape index (κ2) is 6.77. The number of methoxy groups -OCH3 is 1. The van der Waals surface area contributed by atoms with E-state index in [1.165, 1.54) is 12.4 Å². The van der Waals surface area contributed by atoms with E-state index in [0.29, 0.717) is 18.0 Å². The first kappa shape index (κ1) is 14.1. The zero-order valence-corrected chi connectivity index (χ0v) is 11.4. The summed E-state index contributed by atoms with van der Waals surface area (Å²) in [6.07, 6.45) is 2.63. The van der Waals surface area contributed by atoms with Gasteiger partial charge in [0, 0.05) is 25.1 Å². The van der Waals surface area contributed by atoms with E-state index in [2.05, 4.69) is 9.97 Å². The van der Waals surface area contributed by atoms with Gasteiger partial charge in [-0.15, -0.1) is 0 Å². The van der Waals surface area contributed by atoms with Crippen LogP contribution in [0.1, 0.15) is 17.3 Å². The molecule has 0 saturated heterocycles. The van der Waals surface area contributed by atoms with Gasteiger partial charge in [0.2, 0.25) is 0 Å². The summed E-state index contributed by atoms with van der Waals surface area (Å²) in [5, 5.41) is 0. The largest absolute Gasteiger partial charge is 0.457 e. The summed E-state index contributed by atoms with van der Waals surface area (Å²) >= 11 is 0. The van der Waals surface area contributed by atoms with E-state index in [1.54, 1.807) is 14.0 Å². The number of esters is 1. The quantitative estimate of drug-likeness (QED) is 0.782. The molecule has 0 fully saturated rings. The van der Waals surface area contributed by atoms with Crippen LogP contribution >= 0.6 is 0 Å². The predicted molar refractivity (Wildman–Crippen MR) is 74.2 cm³/mol. The number of hydrogen-bond acceptors (Lipinski definition) is 5. The summed E-state index contributed by atoms with van der Waals surface area (Å²) in [5.41, 5.74) is 1.23. The summed E-state index contributed by atoms with van der Waals surface area (Å²) < 4.78 is 10.1. The van der Waals surface area contributed by atoms with Crippen molar-refractivity contribution in [3.05, 3.63) is 48.3 Å². The van der Waals surface area contributed by atoms with Crippen molar-refractivity contribution in [3.8, 4) is 11.4 Å².